The summed E-state index contributed by atoms with van der Waals surface area (Å²) in [5.41, 5.74) is 7.59. The monoisotopic (exact) mass is 284 g/mol. The lowest BCUT2D eigenvalue weighted by atomic mass is 10.2. The molecule has 98 valence electrons. The molecule has 1 aromatic heterocycles. The normalized spacial score (nSPS) is 10.2. The lowest BCUT2D eigenvalue weighted by Crippen LogP contribution is -2.01. The summed E-state index contributed by atoms with van der Waals surface area (Å²) in [6, 6.07) is 8.06. The molecule has 0 unspecified atom stereocenters. The maximum absolute atomic E-state index is 5.55. The number of ether oxygens (including phenoxy) is 1. The minimum atomic E-state index is 0. The molecular weight excluding hydrogens is 268 g/mol. The van der Waals surface area contributed by atoms with E-state index in [1.807, 2.05) is 25.1 Å². The van der Waals surface area contributed by atoms with E-state index in [0.29, 0.717) is 6.54 Å². The van der Waals surface area contributed by atoms with Gasteiger partial charge in [0.05, 0.1) is 12.6 Å². The van der Waals surface area contributed by atoms with Gasteiger partial charge in [0.15, 0.2) is 0 Å². The first-order valence-corrected chi connectivity index (χ1v) is 6.51. The molecule has 1 aromatic carbocycles. The summed E-state index contributed by atoms with van der Waals surface area (Å²) in [4.78, 5) is 5.74. The van der Waals surface area contributed by atoms with E-state index >= 15 is 0 Å². The van der Waals surface area contributed by atoms with Crippen LogP contribution in [0.3, 0.4) is 0 Å². The molecule has 18 heavy (non-hydrogen) atoms. The summed E-state index contributed by atoms with van der Waals surface area (Å²) >= 11 is 1.76. The molecule has 0 amide bonds. The van der Waals surface area contributed by atoms with Gasteiger partial charge in [-0.1, -0.05) is 0 Å². The summed E-state index contributed by atoms with van der Waals surface area (Å²) in [5.74, 6) is 1.77. The van der Waals surface area contributed by atoms with Crippen LogP contribution in [0, 0.1) is 6.92 Å². The van der Waals surface area contributed by atoms with Crippen molar-refractivity contribution in [3.63, 3.8) is 0 Å². The van der Waals surface area contributed by atoms with Crippen LogP contribution in [0.25, 0.3) is 10.9 Å². The second-order valence-electron chi connectivity index (χ2n) is 3.78. The number of hydrogen-bond acceptors (Lipinski definition) is 4. The molecule has 0 bridgehead atoms. The van der Waals surface area contributed by atoms with Gasteiger partial charge < -0.3 is 10.5 Å². The Bertz CT molecular complexity index is 534. The number of thioether (sulfide) groups is 1. The SMILES string of the molecule is COc1ccc2nc(C)cc(SCCN)c2c1.Cl. The van der Waals surface area contributed by atoms with Gasteiger partial charge in [-0.3, -0.25) is 4.98 Å². The Hall–Kier alpha value is -0.970. The van der Waals surface area contributed by atoms with Crippen molar-refractivity contribution in [2.75, 3.05) is 19.4 Å². The number of fused-ring (bicyclic) bond motifs is 1. The van der Waals surface area contributed by atoms with Gasteiger partial charge >= 0.3 is 0 Å². The van der Waals surface area contributed by atoms with E-state index in [2.05, 4.69) is 11.1 Å². The maximum Gasteiger partial charge on any atom is 0.119 e. The van der Waals surface area contributed by atoms with E-state index in [-0.39, 0.29) is 12.4 Å². The van der Waals surface area contributed by atoms with Crippen molar-refractivity contribution in [3.05, 3.63) is 30.0 Å². The predicted octanol–water partition coefficient (Wildman–Crippen LogP) is 3.02. The summed E-state index contributed by atoms with van der Waals surface area (Å²) in [6.07, 6.45) is 0. The maximum atomic E-state index is 5.55. The summed E-state index contributed by atoms with van der Waals surface area (Å²) in [5, 5.41) is 1.13. The average molecular weight is 285 g/mol. The van der Waals surface area contributed by atoms with Gasteiger partial charge in [0.1, 0.15) is 5.75 Å². The highest BCUT2D eigenvalue weighted by molar-refractivity contribution is 7.99. The van der Waals surface area contributed by atoms with E-state index in [4.69, 9.17) is 10.5 Å². The molecule has 0 aliphatic rings. The lowest BCUT2D eigenvalue weighted by Gasteiger charge is -2.08. The zero-order valence-electron chi connectivity index (χ0n) is 10.5. The van der Waals surface area contributed by atoms with Crippen molar-refractivity contribution >= 4 is 35.1 Å². The fourth-order valence-electron chi connectivity index (χ4n) is 1.72. The number of aromatic nitrogens is 1. The van der Waals surface area contributed by atoms with E-state index in [1.54, 1.807) is 18.9 Å². The molecule has 1 heterocycles. The molecule has 2 aromatic rings. The zero-order chi connectivity index (χ0) is 12.3. The van der Waals surface area contributed by atoms with Crippen LogP contribution in [-0.4, -0.2) is 24.4 Å². The Morgan fingerprint density at radius 2 is 2.11 bits per heavy atom. The summed E-state index contributed by atoms with van der Waals surface area (Å²) in [7, 11) is 1.68. The minimum Gasteiger partial charge on any atom is -0.497 e. The van der Waals surface area contributed by atoms with Gasteiger partial charge in [0.25, 0.3) is 0 Å². The van der Waals surface area contributed by atoms with Crippen LogP contribution in [-0.2, 0) is 0 Å². The molecule has 0 radical (unpaired) electrons. The fourth-order valence-corrected chi connectivity index (χ4v) is 2.63. The molecule has 0 spiro atoms. The molecule has 2 N–H and O–H groups in total. The first-order chi connectivity index (χ1) is 8.24. The Morgan fingerprint density at radius 3 is 2.78 bits per heavy atom. The molecule has 0 fully saturated rings. The average Bonchev–Trinajstić information content (AvgIpc) is 2.35. The number of rotatable bonds is 4. The quantitative estimate of drug-likeness (QED) is 0.877. The van der Waals surface area contributed by atoms with E-state index in [0.717, 1.165) is 28.1 Å². The largest absolute Gasteiger partial charge is 0.497 e. The van der Waals surface area contributed by atoms with E-state index in [1.165, 1.54) is 4.90 Å². The number of nitrogens with zero attached hydrogens (tertiary/aromatic N) is 1. The van der Waals surface area contributed by atoms with Crippen LogP contribution < -0.4 is 10.5 Å². The highest BCUT2D eigenvalue weighted by Gasteiger charge is 2.05. The number of hydrogen-bond donors (Lipinski definition) is 1. The second kappa shape index (κ2) is 6.83. The van der Waals surface area contributed by atoms with Gasteiger partial charge in [0.2, 0.25) is 0 Å². The Labute approximate surface area is 118 Å². The second-order valence-corrected chi connectivity index (χ2v) is 4.92. The number of methoxy groups -OCH3 is 1. The minimum absolute atomic E-state index is 0. The third-order valence-electron chi connectivity index (χ3n) is 2.48. The Balaban J connectivity index is 0.00000162. The third kappa shape index (κ3) is 3.28. The van der Waals surface area contributed by atoms with Crippen LogP contribution in [0.15, 0.2) is 29.2 Å². The Morgan fingerprint density at radius 1 is 1.33 bits per heavy atom. The van der Waals surface area contributed by atoms with Crippen molar-refractivity contribution in [3.8, 4) is 5.75 Å². The molecular formula is C13H17ClN2OS. The summed E-state index contributed by atoms with van der Waals surface area (Å²) in [6.45, 7) is 2.69. The van der Waals surface area contributed by atoms with Crippen LogP contribution in [0.5, 0.6) is 5.75 Å². The fraction of sp³-hybridized carbons (Fsp3) is 0.308. The zero-order valence-corrected chi connectivity index (χ0v) is 12.1. The van der Waals surface area contributed by atoms with Gasteiger partial charge in [-0.05, 0) is 31.2 Å². The number of nitrogens with two attached hydrogens (primary N) is 1. The topological polar surface area (TPSA) is 48.1 Å². The Kier molecular flexibility index (Phi) is 5.72. The first-order valence-electron chi connectivity index (χ1n) is 5.53. The molecule has 0 aliphatic heterocycles. The van der Waals surface area contributed by atoms with Gasteiger partial charge in [0, 0.05) is 28.3 Å². The number of halogens is 1. The molecule has 2 rings (SSSR count). The molecule has 3 nitrogen and oxygen atoms in total. The smallest absolute Gasteiger partial charge is 0.119 e. The third-order valence-corrected chi connectivity index (χ3v) is 3.57. The van der Waals surface area contributed by atoms with Crippen LogP contribution in [0.2, 0.25) is 0 Å². The van der Waals surface area contributed by atoms with Gasteiger partial charge in [-0.25, -0.2) is 0 Å². The van der Waals surface area contributed by atoms with Crippen molar-refractivity contribution in [2.45, 2.75) is 11.8 Å². The summed E-state index contributed by atoms with van der Waals surface area (Å²) < 4.78 is 5.25. The van der Waals surface area contributed by atoms with Gasteiger partial charge in [-0.2, -0.15) is 0 Å². The van der Waals surface area contributed by atoms with Crippen LogP contribution in [0.1, 0.15) is 5.69 Å². The van der Waals surface area contributed by atoms with E-state index in [9.17, 15) is 0 Å². The van der Waals surface area contributed by atoms with Crippen LogP contribution >= 0.6 is 24.2 Å². The van der Waals surface area contributed by atoms with Gasteiger partial charge in [-0.15, -0.1) is 24.2 Å². The molecule has 0 atom stereocenters. The van der Waals surface area contributed by atoms with Crippen molar-refractivity contribution in [2.24, 2.45) is 5.73 Å². The standard InChI is InChI=1S/C13H16N2OS.ClH/c1-9-7-13(17-6-5-14)11-8-10(16-2)3-4-12(11)15-9;/h3-4,7-8H,5-6,14H2,1-2H3;1H. The van der Waals surface area contributed by atoms with Crippen molar-refractivity contribution < 1.29 is 4.74 Å². The van der Waals surface area contributed by atoms with Crippen LogP contribution in [0.4, 0.5) is 0 Å². The van der Waals surface area contributed by atoms with Crippen molar-refractivity contribution in [1.82, 2.24) is 4.98 Å². The lowest BCUT2D eigenvalue weighted by molar-refractivity contribution is 0.415. The number of aryl methyl sites for hydroxylation is 1. The highest BCUT2D eigenvalue weighted by Crippen LogP contribution is 2.30. The molecule has 0 aliphatic carbocycles. The number of pyridine rings is 1. The molecule has 0 saturated heterocycles. The predicted molar refractivity (Wildman–Crippen MR) is 80.1 cm³/mol. The number of benzene rings is 1. The van der Waals surface area contributed by atoms with Crippen molar-refractivity contribution in [1.29, 1.82) is 0 Å². The first kappa shape index (κ1) is 15.1. The molecule has 5 heteroatoms. The van der Waals surface area contributed by atoms with E-state index < -0.39 is 0 Å². The molecule has 0 saturated carbocycles. The highest BCUT2D eigenvalue weighted by atomic mass is 35.5.